The van der Waals surface area contributed by atoms with Gasteiger partial charge in [-0.1, -0.05) is 43.3 Å². The number of aryl methyl sites for hydroxylation is 1. The Bertz CT molecular complexity index is 1080. The number of allylic oxidation sites excluding steroid dienone is 3. The van der Waals surface area contributed by atoms with E-state index in [9.17, 15) is 9.59 Å². The van der Waals surface area contributed by atoms with Gasteiger partial charge < -0.3 is 14.8 Å². The van der Waals surface area contributed by atoms with Crippen LogP contribution in [-0.4, -0.2) is 18.9 Å². The number of carbonyl (C=O) groups excluding carboxylic acids is 2. The molecular weight excluding hydrogens is 402 g/mol. The summed E-state index contributed by atoms with van der Waals surface area (Å²) in [6, 6.07) is 15.6. The van der Waals surface area contributed by atoms with Crippen molar-refractivity contribution in [1.82, 2.24) is 5.32 Å². The highest BCUT2D eigenvalue weighted by Crippen LogP contribution is 2.42. The Kier molecular flexibility index (Phi) is 6.45. The van der Waals surface area contributed by atoms with Crippen LogP contribution in [0.15, 0.2) is 71.1 Å². The highest BCUT2D eigenvalue weighted by Gasteiger charge is 2.39. The number of ketones is 1. The number of hydrogen-bond acceptors (Lipinski definition) is 5. The SMILES string of the molecule is CCc1ccc(C2C(C(=O)OCc3ccc(OC)cc3)=C(C)NC3=C2C(=O)CCC3)cc1. The molecule has 2 aromatic rings. The zero-order chi connectivity index (χ0) is 22.7. The van der Waals surface area contributed by atoms with Crippen LogP contribution in [-0.2, 0) is 27.4 Å². The highest BCUT2D eigenvalue weighted by atomic mass is 16.5. The Morgan fingerprint density at radius 1 is 1.03 bits per heavy atom. The van der Waals surface area contributed by atoms with Gasteiger partial charge in [-0.25, -0.2) is 4.79 Å². The molecule has 1 atom stereocenters. The third-order valence-electron chi connectivity index (χ3n) is 6.25. The molecule has 0 amide bonds. The maximum atomic E-state index is 13.3. The van der Waals surface area contributed by atoms with Crippen LogP contribution in [0.3, 0.4) is 0 Å². The van der Waals surface area contributed by atoms with Crippen molar-refractivity contribution in [2.75, 3.05) is 7.11 Å². The first-order valence-corrected chi connectivity index (χ1v) is 11.1. The number of Topliss-reactive ketones (excluding diaryl/α,β-unsaturated/α-hetero) is 1. The molecule has 0 saturated heterocycles. The lowest BCUT2D eigenvalue weighted by molar-refractivity contribution is -0.140. The van der Waals surface area contributed by atoms with Crippen LogP contribution in [0.5, 0.6) is 5.75 Å². The van der Waals surface area contributed by atoms with E-state index in [1.54, 1.807) is 7.11 Å². The molecule has 0 saturated carbocycles. The Balaban J connectivity index is 1.65. The molecule has 0 bridgehead atoms. The first-order valence-electron chi connectivity index (χ1n) is 11.1. The van der Waals surface area contributed by atoms with E-state index in [0.29, 0.717) is 17.6 Å². The lowest BCUT2D eigenvalue weighted by atomic mass is 9.75. The molecule has 2 aliphatic rings. The average molecular weight is 432 g/mol. The van der Waals surface area contributed by atoms with Crippen molar-refractivity contribution in [3.63, 3.8) is 0 Å². The summed E-state index contributed by atoms with van der Waals surface area (Å²) in [5.41, 5.74) is 5.95. The van der Waals surface area contributed by atoms with Crippen molar-refractivity contribution >= 4 is 11.8 Å². The van der Waals surface area contributed by atoms with Crippen molar-refractivity contribution < 1.29 is 19.1 Å². The highest BCUT2D eigenvalue weighted by molar-refractivity contribution is 6.03. The van der Waals surface area contributed by atoms with E-state index < -0.39 is 11.9 Å². The molecule has 0 fully saturated rings. The van der Waals surface area contributed by atoms with Crippen LogP contribution in [0.25, 0.3) is 0 Å². The van der Waals surface area contributed by atoms with Crippen LogP contribution >= 0.6 is 0 Å². The zero-order valence-corrected chi connectivity index (χ0v) is 18.9. The fourth-order valence-corrected chi connectivity index (χ4v) is 4.48. The molecule has 0 spiro atoms. The van der Waals surface area contributed by atoms with Crippen LogP contribution < -0.4 is 10.1 Å². The molecule has 5 heteroatoms. The molecule has 0 aromatic heterocycles. The second kappa shape index (κ2) is 9.43. The number of methoxy groups -OCH3 is 1. The normalized spacial score (nSPS) is 18.2. The minimum atomic E-state index is -0.409. The van der Waals surface area contributed by atoms with Gasteiger partial charge in [-0.05, 0) is 55.0 Å². The van der Waals surface area contributed by atoms with Crippen LogP contribution in [0.4, 0.5) is 0 Å². The van der Waals surface area contributed by atoms with Gasteiger partial charge in [0.05, 0.1) is 12.7 Å². The van der Waals surface area contributed by atoms with E-state index in [2.05, 4.69) is 24.4 Å². The van der Waals surface area contributed by atoms with Gasteiger partial charge in [0.15, 0.2) is 5.78 Å². The molecular formula is C27H29NO4. The van der Waals surface area contributed by atoms with E-state index in [1.807, 2.05) is 43.3 Å². The Morgan fingerprint density at radius 3 is 2.38 bits per heavy atom. The molecule has 1 heterocycles. The van der Waals surface area contributed by atoms with E-state index in [0.717, 1.165) is 47.5 Å². The van der Waals surface area contributed by atoms with Gasteiger partial charge in [-0.3, -0.25) is 4.79 Å². The van der Waals surface area contributed by atoms with E-state index >= 15 is 0 Å². The summed E-state index contributed by atoms with van der Waals surface area (Å²) in [4.78, 5) is 26.3. The van der Waals surface area contributed by atoms with E-state index in [-0.39, 0.29) is 12.4 Å². The van der Waals surface area contributed by atoms with Crippen molar-refractivity contribution in [2.45, 2.75) is 52.1 Å². The first-order chi connectivity index (χ1) is 15.5. The fraction of sp³-hybridized carbons (Fsp3) is 0.333. The summed E-state index contributed by atoms with van der Waals surface area (Å²) in [5.74, 6) is 0.0471. The third kappa shape index (κ3) is 4.33. The third-order valence-corrected chi connectivity index (χ3v) is 6.25. The fourth-order valence-electron chi connectivity index (χ4n) is 4.48. The molecule has 1 unspecified atom stereocenters. The Labute approximate surface area is 189 Å². The largest absolute Gasteiger partial charge is 0.497 e. The number of dihydropyridines is 1. The van der Waals surface area contributed by atoms with Crippen molar-refractivity contribution in [3.05, 3.63) is 87.8 Å². The molecule has 32 heavy (non-hydrogen) atoms. The molecule has 5 nitrogen and oxygen atoms in total. The topological polar surface area (TPSA) is 64.6 Å². The zero-order valence-electron chi connectivity index (χ0n) is 18.9. The second-order valence-corrected chi connectivity index (χ2v) is 8.28. The van der Waals surface area contributed by atoms with Crippen molar-refractivity contribution in [3.8, 4) is 5.75 Å². The molecule has 0 radical (unpaired) electrons. The van der Waals surface area contributed by atoms with Gasteiger partial charge >= 0.3 is 5.97 Å². The molecule has 166 valence electrons. The second-order valence-electron chi connectivity index (χ2n) is 8.28. The van der Waals surface area contributed by atoms with Gasteiger partial charge in [0, 0.05) is 29.3 Å². The summed E-state index contributed by atoms with van der Waals surface area (Å²) in [6.07, 6.45) is 3.09. The number of hydrogen-bond donors (Lipinski definition) is 1. The molecule has 1 aliphatic heterocycles. The minimum Gasteiger partial charge on any atom is -0.497 e. The van der Waals surface area contributed by atoms with Gasteiger partial charge in [0.2, 0.25) is 0 Å². The van der Waals surface area contributed by atoms with Gasteiger partial charge in [0.1, 0.15) is 12.4 Å². The van der Waals surface area contributed by atoms with Gasteiger partial charge in [-0.2, -0.15) is 0 Å². The number of esters is 1. The Morgan fingerprint density at radius 2 is 1.72 bits per heavy atom. The Hall–Kier alpha value is -3.34. The predicted molar refractivity (Wildman–Crippen MR) is 123 cm³/mol. The quantitative estimate of drug-likeness (QED) is 0.655. The number of carbonyl (C=O) groups is 2. The monoisotopic (exact) mass is 431 g/mol. The van der Waals surface area contributed by atoms with Crippen LogP contribution in [0.2, 0.25) is 0 Å². The number of nitrogens with one attached hydrogen (secondary N) is 1. The molecule has 2 aromatic carbocycles. The number of benzene rings is 2. The lowest BCUT2D eigenvalue weighted by Crippen LogP contribution is -2.34. The average Bonchev–Trinajstić information content (AvgIpc) is 2.82. The minimum absolute atomic E-state index is 0.108. The van der Waals surface area contributed by atoms with E-state index in [4.69, 9.17) is 9.47 Å². The maximum Gasteiger partial charge on any atom is 0.337 e. The summed E-state index contributed by atoms with van der Waals surface area (Å²) in [5, 5.41) is 3.34. The smallest absolute Gasteiger partial charge is 0.337 e. The first kappa shape index (κ1) is 21.9. The van der Waals surface area contributed by atoms with Crippen molar-refractivity contribution in [2.24, 2.45) is 0 Å². The van der Waals surface area contributed by atoms with E-state index in [1.165, 1.54) is 5.56 Å². The summed E-state index contributed by atoms with van der Waals surface area (Å²) >= 11 is 0. The van der Waals surface area contributed by atoms with Gasteiger partial charge in [-0.15, -0.1) is 0 Å². The molecule has 4 rings (SSSR count). The van der Waals surface area contributed by atoms with Crippen LogP contribution in [0, 0.1) is 0 Å². The van der Waals surface area contributed by atoms with Crippen LogP contribution in [0.1, 0.15) is 55.7 Å². The number of ether oxygens (including phenoxy) is 2. The summed E-state index contributed by atoms with van der Waals surface area (Å²) in [7, 11) is 1.61. The maximum absolute atomic E-state index is 13.3. The standard InChI is InChI=1S/C27H29NO4/c1-4-18-8-12-20(13-9-18)25-24(17(2)28-22-6-5-7-23(29)26(22)25)27(30)32-16-19-10-14-21(31-3)15-11-19/h8-15,25,28H,4-7,16H2,1-3H3. The van der Waals surface area contributed by atoms with Crippen molar-refractivity contribution in [1.29, 1.82) is 0 Å². The van der Waals surface area contributed by atoms with Gasteiger partial charge in [0.25, 0.3) is 0 Å². The molecule has 1 aliphatic carbocycles. The molecule has 1 N–H and O–H groups in total. The number of rotatable bonds is 6. The summed E-state index contributed by atoms with van der Waals surface area (Å²) in [6.45, 7) is 4.15. The summed E-state index contributed by atoms with van der Waals surface area (Å²) < 4.78 is 10.9. The lowest BCUT2D eigenvalue weighted by Gasteiger charge is -2.34. The predicted octanol–water partition coefficient (Wildman–Crippen LogP) is 4.97.